The minimum atomic E-state index is -0.0253. The molecule has 0 unspecified atom stereocenters. The molecule has 1 fully saturated rings. The summed E-state index contributed by atoms with van der Waals surface area (Å²) < 4.78 is 7.84. The van der Waals surface area contributed by atoms with Gasteiger partial charge in [0.25, 0.3) is 0 Å². The minimum absolute atomic E-state index is 0.0143. The molecule has 6 heteroatoms. The van der Waals surface area contributed by atoms with Crippen molar-refractivity contribution in [1.82, 2.24) is 14.9 Å². The summed E-state index contributed by atoms with van der Waals surface area (Å²) in [6.07, 6.45) is 6.16. The third kappa shape index (κ3) is 3.60. The first-order chi connectivity index (χ1) is 13.5. The Morgan fingerprint density at radius 3 is 2.50 bits per heavy atom. The van der Waals surface area contributed by atoms with Crippen molar-refractivity contribution in [1.29, 1.82) is 0 Å². The molecule has 1 N–H and O–H groups in total. The third-order valence-corrected chi connectivity index (χ3v) is 5.10. The van der Waals surface area contributed by atoms with E-state index in [0.717, 1.165) is 17.1 Å². The zero-order valence-corrected chi connectivity index (χ0v) is 17.1. The maximum absolute atomic E-state index is 5.78. The van der Waals surface area contributed by atoms with E-state index in [9.17, 15) is 0 Å². The van der Waals surface area contributed by atoms with Gasteiger partial charge in [0.1, 0.15) is 5.75 Å². The molecule has 28 heavy (non-hydrogen) atoms. The Morgan fingerprint density at radius 1 is 1.11 bits per heavy atom. The Labute approximate surface area is 171 Å². The van der Waals surface area contributed by atoms with Gasteiger partial charge in [0.15, 0.2) is 5.11 Å². The number of hydrogen-bond acceptors (Lipinski definition) is 3. The Kier molecular flexibility index (Phi) is 5.05. The van der Waals surface area contributed by atoms with Gasteiger partial charge in [-0.25, -0.2) is 0 Å². The van der Waals surface area contributed by atoms with E-state index in [1.54, 1.807) is 0 Å². The monoisotopic (exact) mass is 392 g/mol. The van der Waals surface area contributed by atoms with Crippen molar-refractivity contribution in [2.75, 3.05) is 4.90 Å². The fourth-order valence-corrected chi connectivity index (χ4v) is 3.98. The summed E-state index contributed by atoms with van der Waals surface area (Å²) in [6.45, 7) is 4.05. The van der Waals surface area contributed by atoms with Crippen LogP contribution < -0.4 is 15.0 Å². The second-order valence-corrected chi connectivity index (χ2v) is 7.65. The number of nitrogens with zero attached hydrogens (tertiary/aromatic N) is 3. The lowest BCUT2D eigenvalue weighted by atomic mass is 9.98. The van der Waals surface area contributed by atoms with Crippen molar-refractivity contribution in [3.8, 4) is 5.75 Å². The zero-order valence-electron chi connectivity index (χ0n) is 16.2. The summed E-state index contributed by atoms with van der Waals surface area (Å²) in [5.41, 5.74) is 3.19. The van der Waals surface area contributed by atoms with E-state index in [0.29, 0.717) is 5.11 Å². The molecule has 0 radical (unpaired) electrons. The van der Waals surface area contributed by atoms with Gasteiger partial charge in [0.05, 0.1) is 23.9 Å². The topological polar surface area (TPSA) is 42.3 Å². The highest BCUT2D eigenvalue weighted by Gasteiger charge is 2.40. The molecule has 3 heterocycles. The first-order valence-electron chi connectivity index (χ1n) is 9.42. The third-order valence-electron chi connectivity index (χ3n) is 4.78. The fourth-order valence-electron chi connectivity index (χ4n) is 3.63. The van der Waals surface area contributed by atoms with Gasteiger partial charge in [-0.15, -0.1) is 0 Å². The van der Waals surface area contributed by atoms with Gasteiger partial charge in [0, 0.05) is 31.3 Å². The Balaban J connectivity index is 1.73. The molecule has 0 amide bonds. The molecule has 2 atom stereocenters. The van der Waals surface area contributed by atoms with E-state index in [1.807, 2.05) is 57.4 Å². The molecular formula is C22H24N4OS. The van der Waals surface area contributed by atoms with Crippen LogP contribution in [0.2, 0.25) is 0 Å². The van der Waals surface area contributed by atoms with Crippen LogP contribution in [0.4, 0.5) is 5.69 Å². The molecule has 144 valence electrons. The second kappa shape index (κ2) is 7.64. The Bertz CT molecular complexity index is 952. The molecule has 5 nitrogen and oxygen atoms in total. The number of aromatic nitrogens is 2. The molecule has 1 aromatic carbocycles. The predicted molar refractivity (Wildman–Crippen MR) is 116 cm³/mol. The predicted octanol–water partition coefficient (Wildman–Crippen LogP) is 4.38. The lowest BCUT2D eigenvalue weighted by Crippen LogP contribution is -2.29. The number of hydrogen-bond donors (Lipinski definition) is 1. The van der Waals surface area contributed by atoms with E-state index >= 15 is 0 Å². The molecule has 3 aromatic rings. The van der Waals surface area contributed by atoms with Crippen molar-refractivity contribution < 1.29 is 4.74 Å². The molecule has 1 aliphatic heterocycles. The standard InChI is InChI=1S/C22H24N4OS/c1-15(2)27-18-9-7-17(8-10-18)26-21(16-11-13-25(3)14-16)20(24-22(26)28)19-6-4-5-12-23-19/h4-15,20-21H,1-3H3,(H,24,28)/t20-,21-/m1/s1. The van der Waals surface area contributed by atoms with Gasteiger partial charge in [-0.3, -0.25) is 4.98 Å². The lowest BCUT2D eigenvalue weighted by molar-refractivity contribution is 0.242. The summed E-state index contributed by atoms with van der Waals surface area (Å²) >= 11 is 5.74. The quantitative estimate of drug-likeness (QED) is 0.653. The number of thiocarbonyl (C=S) groups is 1. The van der Waals surface area contributed by atoms with Crippen molar-refractivity contribution in [3.05, 3.63) is 78.4 Å². The SMILES string of the molecule is CC(C)Oc1ccc(N2C(=S)N[C@H](c3ccccn3)[C@H]2c2ccn(C)c2)cc1. The fraction of sp³-hybridized carbons (Fsp3) is 0.273. The summed E-state index contributed by atoms with van der Waals surface area (Å²) in [6, 6.07) is 16.2. The molecule has 1 saturated heterocycles. The maximum Gasteiger partial charge on any atom is 0.174 e. The summed E-state index contributed by atoms with van der Waals surface area (Å²) in [5.74, 6) is 0.856. The second-order valence-electron chi connectivity index (χ2n) is 7.27. The Hall–Kier alpha value is -2.86. The number of aryl methyl sites for hydroxylation is 1. The number of pyridine rings is 1. The molecule has 0 aliphatic carbocycles. The van der Waals surface area contributed by atoms with Crippen LogP contribution in [0.1, 0.15) is 37.2 Å². The normalized spacial score (nSPS) is 19.1. The zero-order chi connectivity index (χ0) is 19.7. The Morgan fingerprint density at radius 2 is 1.89 bits per heavy atom. The van der Waals surface area contributed by atoms with Crippen LogP contribution in [-0.4, -0.2) is 20.8 Å². The molecule has 1 aliphatic rings. The number of rotatable bonds is 5. The minimum Gasteiger partial charge on any atom is -0.491 e. The van der Waals surface area contributed by atoms with Crippen molar-refractivity contribution in [2.24, 2.45) is 7.05 Å². The van der Waals surface area contributed by atoms with E-state index in [1.165, 1.54) is 5.56 Å². The van der Waals surface area contributed by atoms with Crippen LogP contribution in [0.25, 0.3) is 0 Å². The average molecular weight is 393 g/mol. The van der Waals surface area contributed by atoms with Gasteiger partial charge in [0.2, 0.25) is 0 Å². The van der Waals surface area contributed by atoms with E-state index in [2.05, 4.69) is 50.4 Å². The summed E-state index contributed by atoms with van der Waals surface area (Å²) in [5, 5.41) is 4.17. The number of anilines is 1. The van der Waals surface area contributed by atoms with Crippen LogP contribution in [0.15, 0.2) is 67.1 Å². The van der Waals surface area contributed by atoms with E-state index in [4.69, 9.17) is 17.0 Å². The van der Waals surface area contributed by atoms with Gasteiger partial charge in [-0.05, 0) is 74.1 Å². The van der Waals surface area contributed by atoms with Crippen LogP contribution in [0.3, 0.4) is 0 Å². The van der Waals surface area contributed by atoms with Crippen LogP contribution in [0, 0.1) is 0 Å². The van der Waals surface area contributed by atoms with Gasteiger partial charge in [-0.2, -0.15) is 0 Å². The van der Waals surface area contributed by atoms with E-state index in [-0.39, 0.29) is 18.2 Å². The smallest absolute Gasteiger partial charge is 0.174 e. The van der Waals surface area contributed by atoms with Crippen LogP contribution in [-0.2, 0) is 7.05 Å². The highest BCUT2D eigenvalue weighted by atomic mass is 32.1. The maximum atomic E-state index is 5.78. The van der Waals surface area contributed by atoms with E-state index < -0.39 is 0 Å². The van der Waals surface area contributed by atoms with Crippen LogP contribution >= 0.6 is 12.2 Å². The molecular weight excluding hydrogens is 368 g/mol. The van der Waals surface area contributed by atoms with Crippen molar-refractivity contribution in [3.63, 3.8) is 0 Å². The largest absolute Gasteiger partial charge is 0.491 e. The van der Waals surface area contributed by atoms with Crippen molar-refractivity contribution in [2.45, 2.75) is 32.0 Å². The first-order valence-corrected chi connectivity index (χ1v) is 9.83. The molecule has 0 saturated carbocycles. The van der Waals surface area contributed by atoms with Gasteiger partial charge in [-0.1, -0.05) is 6.07 Å². The van der Waals surface area contributed by atoms with Crippen LogP contribution in [0.5, 0.6) is 5.75 Å². The van der Waals surface area contributed by atoms with Crippen molar-refractivity contribution >= 4 is 23.0 Å². The number of nitrogens with one attached hydrogen (secondary N) is 1. The highest BCUT2D eigenvalue weighted by Crippen LogP contribution is 2.41. The summed E-state index contributed by atoms with van der Waals surface area (Å²) in [7, 11) is 2.03. The first kappa shape index (κ1) is 18.5. The number of benzene rings is 1. The summed E-state index contributed by atoms with van der Waals surface area (Å²) in [4.78, 5) is 6.75. The molecule has 0 spiro atoms. The lowest BCUT2D eigenvalue weighted by Gasteiger charge is -2.27. The number of ether oxygens (including phenoxy) is 1. The molecule has 2 aromatic heterocycles. The molecule has 0 bridgehead atoms. The van der Waals surface area contributed by atoms with Gasteiger partial charge >= 0.3 is 0 Å². The average Bonchev–Trinajstić information content (AvgIpc) is 3.26. The molecule has 4 rings (SSSR count). The van der Waals surface area contributed by atoms with Gasteiger partial charge < -0.3 is 19.5 Å². The highest BCUT2D eigenvalue weighted by molar-refractivity contribution is 7.80.